The van der Waals surface area contributed by atoms with E-state index >= 15 is 0 Å². The van der Waals surface area contributed by atoms with E-state index in [1.165, 1.54) is 18.4 Å². The molecule has 1 aliphatic carbocycles. The Morgan fingerprint density at radius 2 is 2.12 bits per heavy atom. The Morgan fingerprint density at radius 1 is 1.41 bits per heavy atom. The minimum Gasteiger partial charge on any atom is -0.363 e. The van der Waals surface area contributed by atoms with E-state index in [0.717, 1.165) is 24.6 Å². The van der Waals surface area contributed by atoms with Crippen LogP contribution in [-0.4, -0.2) is 16.4 Å². The monoisotopic (exact) mass is 252 g/mol. The number of nitrogens with zero attached hydrogens (tertiary/aromatic N) is 1. The van der Waals surface area contributed by atoms with Crippen molar-refractivity contribution in [3.05, 3.63) is 23.9 Å². The molecule has 1 N–H and O–H groups in total. The SMILES string of the molecule is Cc1ccc(NC2(CCl)CCC(C)CC2)nc1. The lowest BCUT2D eigenvalue weighted by Crippen LogP contribution is -2.43. The summed E-state index contributed by atoms with van der Waals surface area (Å²) in [7, 11) is 0. The first-order valence-corrected chi connectivity index (χ1v) is 6.94. The lowest BCUT2D eigenvalue weighted by Gasteiger charge is -2.39. The van der Waals surface area contributed by atoms with Gasteiger partial charge in [0.15, 0.2) is 0 Å². The zero-order chi connectivity index (χ0) is 12.3. The maximum absolute atomic E-state index is 6.18. The fraction of sp³-hybridized carbons (Fsp3) is 0.643. The van der Waals surface area contributed by atoms with Crippen LogP contribution in [0.1, 0.15) is 38.2 Å². The molecule has 0 saturated heterocycles. The second-order valence-corrected chi connectivity index (χ2v) is 5.71. The summed E-state index contributed by atoms with van der Waals surface area (Å²) >= 11 is 6.18. The van der Waals surface area contributed by atoms with E-state index in [2.05, 4.69) is 30.2 Å². The number of nitrogens with one attached hydrogen (secondary N) is 1. The van der Waals surface area contributed by atoms with Crippen LogP contribution in [0.5, 0.6) is 0 Å². The molecule has 2 nitrogen and oxygen atoms in total. The molecule has 0 radical (unpaired) electrons. The van der Waals surface area contributed by atoms with E-state index in [4.69, 9.17) is 11.6 Å². The molecule has 0 spiro atoms. The largest absolute Gasteiger partial charge is 0.363 e. The van der Waals surface area contributed by atoms with Crippen LogP contribution in [0.15, 0.2) is 18.3 Å². The highest BCUT2D eigenvalue weighted by molar-refractivity contribution is 6.18. The van der Waals surface area contributed by atoms with E-state index in [1.54, 1.807) is 0 Å². The zero-order valence-corrected chi connectivity index (χ0v) is 11.4. The molecule has 0 aliphatic heterocycles. The van der Waals surface area contributed by atoms with Crippen LogP contribution >= 0.6 is 11.6 Å². The predicted molar refractivity (Wildman–Crippen MR) is 73.7 cm³/mol. The summed E-state index contributed by atoms with van der Waals surface area (Å²) in [6.07, 6.45) is 6.70. The number of hydrogen-bond donors (Lipinski definition) is 1. The van der Waals surface area contributed by atoms with E-state index in [1.807, 2.05) is 12.3 Å². The van der Waals surface area contributed by atoms with Gasteiger partial charge in [-0.3, -0.25) is 0 Å². The summed E-state index contributed by atoms with van der Waals surface area (Å²) in [5.74, 6) is 2.44. The highest BCUT2D eigenvalue weighted by Crippen LogP contribution is 2.35. The van der Waals surface area contributed by atoms with Crippen molar-refractivity contribution in [3.8, 4) is 0 Å². The molecule has 2 rings (SSSR count). The van der Waals surface area contributed by atoms with Crippen molar-refractivity contribution >= 4 is 17.4 Å². The van der Waals surface area contributed by atoms with Crippen molar-refractivity contribution in [2.24, 2.45) is 5.92 Å². The molecule has 17 heavy (non-hydrogen) atoms. The lowest BCUT2D eigenvalue weighted by atomic mass is 9.78. The van der Waals surface area contributed by atoms with Crippen LogP contribution < -0.4 is 5.32 Å². The van der Waals surface area contributed by atoms with Crippen molar-refractivity contribution in [3.63, 3.8) is 0 Å². The zero-order valence-electron chi connectivity index (χ0n) is 10.7. The summed E-state index contributed by atoms with van der Waals surface area (Å²) in [4.78, 5) is 4.41. The quantitative estimate of drug-likeness (QED) is 0.823. The molecule has 1 saturated carbocycles. The predicted octanol–water partition coefficient (Wildman–Crippen LogP) is 3.99. The molecular weight excluding hydrogens is 232 g/mol. The van der Waals surface area contributed by atoms with Crippen LogP contribution in [-0.2, 0) is 0 Å². The first-order chi connectivity index (χ1) is 8.13. The summed E-state index contributed by atoms with van der Waals surface area (Å²) in [5, 5.41) is 3.55. The molecule has 0 amide bonds. The first-order valence-electron chi connectivity index (χ1n) is 6.40. The molecule has 1 aromatic rings. The molecule has 1 fully saturated rings. The Bertz CT molecular complexity index is 353. The Kier molecular flexibility index (Phi) is 3.93. The van der Waals surface area contributed by atoms with Gasteiger partial charge in [-0.1, -0.05) is 13.0 Å². The van der Waals surface area contributed by atoms with Gasteiger partial charge in [-0.2, -0.15) is 0 Å². The van der Waals surface area contributed by atoms with Gasteiger partial charge in [-0.25, -0.2) is 4.98 Å². The summed E-state index contributed by atoms with van der Waals surface area (Å²) in [6, 6.07) is 4.13. The molecular formula is C14H21ClN2. The second kappa shape index (κ2) is 5.26. The topological polar surface area (TPSA) is 24.9 Å². The molecule has 0 unspecified atom stereocenters. The molecule has 1 heterocycles. The number of aryl methyl sites for hydroxylation is 1. The minimum atomic E-state index is 0.0519. The normalized spacial score (nSPS) is 29.0. The number of alkyl halides is 1. The molecule has 0 bridgehead atoms. The Morgan fingerprint density at radius 3 is 2.65 bits per heavy atom. The number of hydrogen-bond acceptors (Lipinski definition) is 2. The fourth-order valence-electron chi connectivity index (χ4n) is 2.42. The number of halogens is 1. The Hall–Kier alpha value is -0.760. The molecule has 3 heteroatoms. The number of aromatic nitrogens is 1. The van der Waals surface area contributed by atoms with Crippen LogP contribution in [0, 0.1) is 12.8 Å². The van der Waals surface area contributed by atoms with Gasteiger partial charge in [0.05, 0.1) is 5.54 Å². The maximum atomic E-state index is 6.18. The van der Waals surface area contributed by atoms with Crippen molar-refractivity contribution in [1.82, 2.24) is 4.98 Å². The average Bonchev–Trinajstić information content (AvgIpc) is 2.35. The van der Waals surface area contributed by atoms with Crippen molar-refractivity contribution in [2.45, 2.75) is 45.1 Å². The summed E-state index contributed by atoms with van der Waals surface area (Å²) in [6.45, 7) is 4.37. The lowest BCUT2D eigenvalue weighted by molar-refractivity contribution is 0.286. The molecule has 0 aromatic carbocycles. The number of anilines is 1. The Balaban J connectivity index is 2.06. The highest BCUT2D eigenvalue weighted by atomic mass is 35.5. The van der Waals surface area contributed by atoms with E-state index in [0.29, 0.717) is 5.88 Å². The van der Waals surface area contributed by atoms with Crippen molar-refractivity contribution in [1.29, 1.82) is 0 Å². The van der Waals surface area contributed by atoms with E-state index in [9.17, 15) is 0 Å². The standard InChI is InChI=1S/C14H21ClN2/c1-11-5-7-14(10-15,8-6-11)17-13-4-3-12(2)9-16-13/h3-4,9,11H,5-8,10H2,1-2H3,(H,16,17). The van der Waals surface area contributed by atoms with E-state index < -0.39 is 0 Å². The maximum Gasteiger partial charge on any atom is 0.126 e. The minimum absolute atomic E-state index is 0.0519. The van der Waals surface area contributed by atoms with Gasteiger partial charge >= 0.3 is 0 Å². The number of pyridine rings is 1. The van der Waals surface area contributed by atoms with Gasteiger partial charge in [0.25, 0.3) is 0 Å². The van der Waals surface area contributed by atoms with Gasteiger partial charge < -0.3 is 5.32 Å². The smallest absolute Gasteiger partial charge is 0.126 e. The van der Waals surface area contributed by atoms with Crippen LogP contribution in [0.25, 0.3) is 0 Å². The van der Waals surface area contributed by atoms with Gasteiger partial charge in [0.2, 0.25) is 0 Å². The summed E-state index contributed by atoms with van der Waals surface area (Å²) in [5.41, 5.74) is 1.24. The third-order valence-corrected chi connectivity index (χ3v) is 4.30. The first kappa shape index (κ1) is 12.7. The van der Waals surface area contributed by atoms with Crippen LogP contribution in [0.3, 0.4) is 0 Å². The van der Waals surface area contributed by atoms with E-state index in [-0.39, 0.29) is 5.54 Å². The highest BCUT2D eigenvalue weighted by Gasteiger charge is 2.33. The van der Waals surface area contributed by atoms with Gasteiger partial charge in [-0.05, 0) is 50.2 Å². The molecule has 0 atom stereocenters. The molecule has 1 aromatic heterocycles. The van der Waals surface area contributed by atoms with Gasteiger partial charge in [0.1, 0.15) is 5.82 Å². The van der Waals surface area contributed by atoms with Crippen molar-refractivity contribution in [2.75, 3.05) is 11.2 Å². The van der Waals surface area contributed by atoms with Gasteiger partial charge in [0, 0.05) is 12.1 Å². The molecule has 1 aliphatic rings. The summed E-state index contributed by atoms with van der Waals surface area (Å²) < 4.78 is 0. The Labute approximate surface area is 109 Å². The second-order valence-electron chi connectivity index (χ2n) is 5.44. The number of rotatable bonds is 3. The average molecular weight is 253 g/mol. The fourth-order valence-corrected chi connectivity index (χ4v) is 2.75. The van der Waals surface area contributed by atoms with Crippen LogP contribution in [0.4, 0.5) is 5.82 Å². The third-order valence-electron chi connectivity index (χ3n) is 3.79. The van der Waals surface area contributed by atoms with Crippen molar-refractivity contribution < 1.29 is 0 Å². The van der Waals surface area contributed by atoms with Gasteiger partial charge in [-0.15, -0.1) is 11.6 Å². The third kappa shape index (κ3) is 3.12. The van der Waals surface area contributed by atoms with Crippen LogP contribution in [0.2, 0.25) is 0 Å². The molecule has 94 valence electrons.